The van der Waals surface area contributed by atoms with Crippen LogP contribution >= 0.6 is 0 Å². The molecule has 1 aliphatic rings. The number of fused-ring (bicyclic) bond motifs is 2. The molecular weight excluding hydrogens is 276 g/mol. The van der Waals surface area contributed by atoms with Crippen molar-refractivity contribution in [2.24, 2.45) is 0 Å². The zero-order chi connectivity index (χ0) is 14.5. The molecule has 0 aliphatic heterocycles. The van der Waals surface area contributed by atoms with Crippen LogP contribution in [-0.2, 0) is 9.84 Å². The standard InChI is InChI=1S/C15H10O4S/c1-20(18,19)9-6-7-12-13(8-9)15(17)11-5-3-2-4-10(11)14(12)16/h2-8H,1H3. The molecule has 4 nitrogen and oxygen atoms in total. The summed E-state index contributed by atoms with van der Waals surface area (Å²) in [5.74, 6) is -0.573. The van der Waals surface area contributed by atoms with E-state index in [1.807, 2.05) is 0 Å². The summed E-state index contributed by atoms with van der Waals surface area (Å²) in [5, 5.41) is 0. The molecular formula is C15H10O4S. The average molecular weight is 286 g/mol. The molecule has 0 saturated heterocycles. The lowest BCUT2D eigenvalue weighted by Crippen LogP contribution is -2.21. The molecule has 0 bridgehead atoms. The number of ketones is 2. The summed E-state index contributed by atoms with van der Waals surface area (Å²) in [6, 6.07) is 10.6. The molecule has 20 heavy (non-hydrogen) atoms. The maximum Gasteiger partial charge on any atom is 0.194 e. The second-order valence-corrected chi connectivity index (χ2v) is 6.70. The highest BCUT2D eigenvalue weighted by Gasteiger charge is 2.30. The molecule has 2 aromatic rings. The van der Waals surface area contributed by atoms with Crippen molar-refractivity contribution in [3.63, 3.8) is 0 Å². The number of rotatable bonds is 1. The Balaban J connectivity index is 2.29. The molecule has 0 saturated carbocycles. The minimum Gasteiger partial charge on any atom is -0.289 e. The fourth-order valence-electron chi connectivity index (χ4n) is 2.31. The van der Waals surface area contributed by atoms with Crippen molar-refractivity contribution in [1.82, 2.24) is 0 Å². The van der Waals surface area contributed by atoms with Crippen molar-refractivity contribution in [1.29, 1.82) is 0 Å². The van der Waals surface area contributed by atoms with Crippen LogP contribution in [0.4, 0.5) is 0 Å². The minimum absolute atomic E-state index is 0.0387. The molecule has 0 aromatic heterocycles. The topological polar surface area (TPSA) is 68.3 Å². The molecule has 0 spiro atoms. The van der Waals surface area contributed by atoms with E-state index in [1.54, 1.807) is 24.3 Å². The lowest BCUT2D eigenvalue weighted by molar-refractivity contribution is 0.0979. The Morgan fingerprint density at radius 2 is 1.25 bits per heavy atom. The molecule has 0 fully saturated rings. The van der Waals surface area contributed by atoms with Crippen molar-refractivity contribution < 1.29 is 18.0 Å². The fourth-order valence-corrected chi connectivity index (χ4v) is 2.96. The molecule has 0 heterocycles. The van der Waals surface area contributed by atoms with Crippen LogP contribution in [0.15, 0.2) is 47.4 Å². The van der Waals surface area contributed by atoms with Gasteiger partial charge in [-0.2, -0.15) is 0 Å². The molecule has 0 radical (unpaired) electrons. The number of benzene rings is 2. The number of carbonyl (C=O) groups is 2. The van der Waals surface area contributed by atoms with E-state index in [1.165, 1.54) is 18.2 Å². The van der Waals surface area contributed by atoms with Crippen LogP contribution in [0.5, 0.6) is 0 Å². The third kappa shape index (κ3) is 1.78. The number of carbonyl (C=O) groups excluding carboxylic acids is 2. The quantitative estimate of drug-likeness (QED) is 0.685. The van der Waals surface area contributed by atoms with Gasteiger partial charge in [0.2, 0.25) is 0 Å². The lowest BCUT2D eigenvalue weighted by atomic mass is 9.84. The summed E-state index contributed by atoms with van der Waals surface area (Å²) >= 11 is 0. The summed E-state index contributed by atoms with van der Waals surface area (Å²) in [6.07, 6.45) is 1.07. The van der Waals surface area contributed by atoms with Crippen LogP contribution in [0.25, 0.3) is 0 Å². The summed E-state index contributed by atoms with van der Waals surface area (Å²) in [5.41, 5.74) is 1.07. The first-order valence-corrected chi connectivity index (χ1v) is 7.81. The third-order valence-corrected chi connectivity index (χ3v) is 4.43. The van der Waals surface area contributed by atoms with Gasteiger partial charge in [-0.3, -0.25) is 9.59 Å². The van der Waals surface area contributed by atoms with Gasteiger partial charge in [-0.05, 0) is 18.2 Å². The van der Waals surface area contributed by atoms with Crippen molar-refractivity contribution in [3.05, 3.63) is 64.7 Å². The van der Waals surface area contributed by atoms with E-state index in [4.69, 9.17) is 0 Å². The smallest absolute Gasteiger partial charge is 0.194 e. The van der Waals surface area contributed by atoms with Crippen LogP contribution < -0.4 is 0 Å². The maximum absolute atomic E-state index is 12.4. The Morgan fingerprint density at radius 1 is 0.750 bits per heavy atom. The van der Waals surface area contributed by atoms with E-state index in [2.05, 4.69) is 0 Å². The third-order valence-electron chi connectivity index (χ3n) is 3.32. The second kappa shape index (κ2) is 4.11. The summed E-state index contributed by atoms with van der Waals surface area (Å²) in [6.45, 7) is 0. The predicted molar refractivity (Wildman–Crippen MR) is 72.9 cm³/mol. The molecule has 5 heteroatoms. The van der Waals surface area contributed by atoms with Crippen molar-refractivity contribution in [2.45, 2.75) is 4.90 Å². The van der Waals surface area contributed by atoms with Gasteiger partial charge in [0, 0.05) is 28.5 Å². The Bertz CT molecular complexity index is 863. The first-order chi connectivity index (χ1) is 9.39. The number of hydrogen-bond acceptors (Lipinski definition) is 4. The van der Waals surface area contributed by atoms with Gasteiger partial charge in [0.25, 0.3) is 0 Å². The van der Waals surface area contributed by atoms with Crippen LogP contribution in [-0.4, -0.2) is 26.2 Å². The summed E-state index contributed by atoms with van der Waals surface area (Å²) < 4.78 is 23.1. The Labute approximate surface area is 116 Å². The number of hydrogen-bond donors (Lipinski definition) is 0. The lowest BCUT2D eigenvalue weighted by Gasteiger charge is -2.17. The second-order valence-electron chi connectivity index (χ2n) is 4.68. The van der Waals surface area contributed by atoms with Gasteiger partial charge in [0.1, 0.15) is 0 Å². The van der Waals surface area contributed by atoms with Gasteiger partial charge >= 0.3 is 0 Å². The average Bonchev–Trinajstić information content (AvgIpc) is 2.43. The molecule has 0 atom stereocenters. The fraction of sp³-hybridized carbons (Fsp3) is 0.0667. The first kappa shape index (κ1) is 12.7. The van der Waals surface area contributed by atoms with Crippen LogP contribution in [0.3, 0.4) is 0 Å². The molecule has 0 N–H and O–H groups in total. The van der Waals surface area contributed by atoms with Gasteiger partial charge in [0.05, 0.1) is 4.90 Å². The molecule has 100 valence electrons. The van der Waals surface area contributed by atoms with Gasteiger partial charge in [-0.25, -0.2) is 8.42 Å². The highest BCUT2D eigenvalue weighted by Crippen LogP contribution is 2.28. The number of sulfone groups is 1. The Morgan fingerprint density at radius 3 is 1.80 bits per heavy atom. The van der Waals surface area contributed by atoms with Gasteiger partial charge in [-0.15, -0.1) is 0 Å². The van der Waals surface area contributed by atoms with Gasteiger partial charge in [0.15, 0.2) is 21.4 Å². The van der Waals surface area contributed by atoms with Crippen LogP contribution in [0, 0.1) is 0 Å². The summed E-state index contributed by atoms with van der Waals surface area (Å²) in [4.78, 5) is 24.7. The van der Waals surface area contributed by atoms with Gasteiger partial charge < -0.3 is 0 Å². The molecule has 0 unspecified atom stereocenters. The van der Waals surface area contributed by atoms with Crippen molar-refractivity contribution in [3.8, 4) is 0 Å². The zero-order valence-corrected chi connectivity index (χ0v) is 11.4. The largest absolute Gasteiger partial charge is 0.289 e. The van der Waals surface area contributed by atoms with E-state index in [0.29, 0.717) is 11.1 Å². The van der Waals surface area contributed by atoms with Crippen molar-refractivity contribution in [2.75, 3.05) is 6.26 Å². The SMILES string of the molecule is CS(=O)(=O)c1ccc2c(c1)C(=O)c1ccccc1C2=O. The normalized spacial score (nSPS) is 13.8. The first-order valence-electron chi connectivity index (χ1n) is 5.92. The molecule has 3 rings (SSSR count). The van der Waals surface area contributed by atoms with Gasteiger partial charge in [-0.1, -0.05) is 24.3 Å². The maximum atomic E-state index is 12.4. The van der Waals surface area contributed by atoms with E-state index < -0.39 is 9.84 Å². The van der Waals surface area contributed by atoms with E-state index in [0.717, 1.165) is 6.26 Å². The zero-order valence-electron chi connectivity index (χ0n) is 10.6. The molecule has 2 aromatic carbocycles. The highest BCUT2D eigenvalue weighted by molar-refractivity contribution is 7.90. The summed E-state index contributed by atoms with van der Waals surface area (Å²) in [7, 11) is -3.42. The van der Waals surface area contributed by atoms with Crippen LogP contribution in [0.1, 0.15) is 31.8 Å². The Kier molecular flexibility index (Phi) is 2.62. The highest BCUT2D eigenvalue weighted by atomic mass is 32.2. The van der Waals surface area contributed by atoms with E-state index in [-0.39, 0.29) is 27.6 Å². The molecule has 0 amide bonds. The van der Waals surface area contributed by atoms with E-state index >= 15 is 0 Å². The Hall–Kier alpha value is -2.27. The monoisotopic (exact) mass is 286 g/mol. The van der Waals surface area contributed by atoms with Crippen molar-refractivity contribution >= 4 is 21.4 Å². The minimum atomic E-state index is -3.42. The molecule has 1 aliphatic carbocycles. The predicted octanol–water partition coefficient (Wildman–Crippen LogP) is 1.87. The van der Waals surface area contributed by atoms with E-state index in [9.17, 15) is 18.0 Å². The van der Waals surface area contributed by atoms with Crippen LogP contribution in [0.2, 0.25) is 0 Å².